The first kappa shape index (κ1) is 7.15. The van der Waals surface area contributed by atoms with Gasteiger partial charge < -0.3 is 9.88 Å². The average Bonchev–Trinajstić information content (AvgIpc) is 2.59. The highest BCUT2D eigenvalue weighted by Gasteiger charge is 2.22. The Hall–Kier alpha value is -1.52. The molecule has 2 rings (SSSR count). The van der Waals surface area contributed by atoms with Crippen molar-refractivity contribution in [3.63, 3.8) is 0 Å². The van der Waals surface area contributed by atoms with Crippen molar-refractivity contribution in [2.45, 2.75) is 0 Å². The van der Waals surface area contributed by atoms with Crippen LogP contribution in [-0.4, -0.2) is 28.7 Å². The zero-order chi connectivity index (χ0) is 8.55. The number of anilines is 1. The molecule has 0 spiro atoms. The fourth-order valence-electron chi connectivity index (χ4n) is 1.30. The molecule has 5 nitrogen and oxygen atoms in total. The van der Waals surface area contributed by atoms with Gasteiger partial charge in [-0.2, -0.15) is 0 Å². The van der Waals surface area contributed by atoms with Crippen molar-refractivity contribution >= 4 is 11.8 Å². The molecule has 0 unspecified atom stereocenters. The van der Waals surface area contributed by atoms with Crippen LogP contribution in [0.2, 0.25) is 0 Å². The lowest BCUT2D eigenvalue weighted by atomic mass is 10.5. The number of amides is 2. The maximum Gasteiger partial charge on any atom is 0.323 e. The van der Waals surface area contributed by atoms with E-state index in [2.05, 4.69) is 10.3 Å². The van der Waals surface area contributed by atoms with Crippen LogP contribution in [0.25, 0.3) is 0 Å². The Labute approximate surface area is 70.0 Å². The third-order valence-corrected chi connectivity index (χ3v) is 1.92. The molecule has 1 aliphatic rings. The van der Waals surface area contributed by atoms with Crippen molar-refractivity contribution in [2.75, 3.05) is 18.0 Å². The molecular weight excluding hydrogens is 156 g/mol. The van der Waals surface area contributed by atoms with Crippen molar-refractivity contribution < 1.29 is 4.79 Å². The van der Waals surface area contributed by atoms with Crippen LogP contribution in [0, 0.1) is 0 Å². The maximum atomic E-state index is 11.2. The highest BCUT2D eigenvalue weighted by Crippen LogP contribution is 2.13. The van der Waals surface area contributed by atoms with E-state index in [1.165, 1.54) is 0 Å². The number of imidazole rings is 1. The molecule has 2 heterocycles. The van der Waals surface area contributed by atoms with Crippen LogP contribution >= 0.6 is 0 Å². The van der Waals surface area contributed by atoms with Gasteiger partial charge in [-0.15, -0.1) is 0 Å². The molecule has 1 fully saturated rings. The van der Waals surface area contributed by atoms with Crippen LogP contribution in [-0.2, 0) is 7.05 Å². The van der Waals surface area contributed by atoms with Crippen molar-refractivity contribution in [3.05, 3.63) is 12.5 Å². The normalized spacial score (nSPS) is 16.8. The lowest BCUT2D eigenvalue weighted by molar-refractivity contribution is 0.252. The van der Waals surface area contributed by atoms with Gasteiger partial charge in [0.1, 0.15) is 5.82 Å². The van der Waals surface area contributed by atoms with Gasteiger partial charge >= 0.3 is 6.03 Å². The Bertz CT molecular complexity index is 306. The number of aryl methyl sites for hydroxylation is 1. The van der Waals surface area contributed by atoms with E-state index in [4.69, 9.17) is 0 Å². The molecule has 1 N–H and O–H groups in total. The summed E-state index contributed by atoms with van der Waals surface area (Å²) in [6.07, 6.45) is 3.37. The molecule has 1 aliphatic heterocycles. The number of rotatable bonds is 1. The minimum Gasteiger partial charge on any atom is -0.336 e. The van der Waals surface area contributed by atoms with Crippen molar-refractivity contribution in [1.82, 2.24) is 14.9 Å². The molecule has 2 amide bonds. The summed E-state index contributed by atoms with van der Waals surface area (Å²) < 4.78 is 1.82. The molecule has 0 aliphatic carbocycles. The predicted molar refractivity (Wildman–Crippen MR) is 44.0 cm³/mol. The first-order valence-electron chi connectivity index (χ1n) is 3.81. The summed E-state index contributed by atoms with van der Waals surface area (Å²) in [5, 5.41) is 2.73. The van der Waals surface area contributed by atoms with E-state index in [0.29, 0.717) is 6.54 Å². The number of nitrogens with one attached hydrogen (secondary N) is 1. The van der Waals surface area contributed by atoms with Gasteiger partial charge in [0.15, 0.2) is 0 Å². The van der Waals surface area contributed by atoms with Crippen LogP contribution in [0.1, 0.15) is 0 Å². The number of carbonyl (C=O) groups is 1. The van der Waals surface area contributed by atoms with E-state index < -0.39 is 0 Å². The van der Waals surface area contributed by atoms with Gasteiger partial charge in [0.2, 0.25) is 0 Å². The lowest BCUT2D eigenvalue weighted by Crippen LogP contribution is -2.29. The molecule has 0 saturated carbocycles. The van der Waals surface area contributed by atoms with Gasteiger partial charge in [-0.25, -0.2) is 9.78 Å². The topological polar surface area (TPSA) is 50.2 Å². The number of nitrogens with zero attached hydrogens (tertiary/aromatic N) is 3. The third kappa shape index (κ3) is 0.939. The molecule has 0 radical (unpaired) electrons. The van der Waals surface area contributed by atoms with E-state index in [1.54, 1.807) is 17.4 Å². The number of carbonyl (C=O) groups excluding carboxylic acids is 1. The lowest BCUT2D eigenvalue weighted by Gasteiger charge is -2.13. The first-order valence-corrected chi connectivity index (χ1v) is 3.81. The van der Waals surface area contributed by atoms with E-state index in [-0.39, 0.29) is 6.03 Å². The number of urea groups is 1. The molecule has 1 aromatic rings. The Morgan fingerprint density at radius 2 is 2.50 bits per heavy atom. The average molecular weight is 166 g/mol. The molecule has 12 heavy (non-hydrogen) atoms. The van der Waals surface area contributed by atoms with E-state index in [9.17, 15) is 4.79 Å². The standard InChI is InChI=1S/C7H10N4O/c1-10-5-8-4-6(10)11-3-2-9-7(11)12/h4-5H,2-3H2,1H3,(H,9,12). The van der Waals surface area contributed by atoms with Crippen LogP contribution in [0.15, 0.2) is 12.5 Å². The van der Waals surface area contributed by atoms with E-state index in [0.717, 1.165) is 12.4 Å². The Kier molecular flexibility index (Phi) is 1.49. The predicted octanol–water partition coefficient (Wildman–Crippen LogP) is -0.0503. The molecule has 5 heteroatoms. The van der Waals surface area contributed by atoms with Gasteiger partial charge in [-0.05, 0) is 0 Å². The summed E-state index contributed by atoms with van der Waals surface area (Å²) >= 11 is 0. The molecule has 0 atom stereocenters. The first-order chi connectivity index (χ1) is 5.79. The quantitative estimate of drug-likeness (QED) is 0.636. The van der Waals surface area contributed by atoms with E-state index in [1.807, 2.05) is 11.6 Å². The van der Waals surface area contributed by atoms with Gasteiger partial charge in [-0.1, -0.05) is 0 Å². The second-order valence-electron chi connectivity index (χ2n) is 2.75. The highest BCUT2D eigenvalue weighted by molar-refractivity contribution is 5.93. The van der Waals surface area contributed by atoms with Gasteiger partial charge in [-0.3, -0.25) is 4.90 Å². The molecule has 0 bridgehead atoms. The third-order valence-electron chi connectivity index (χ3n) is 1.92. The zero-order valence-corrected chi connectivity index (χ0v) is 6.82. The van der Waals surface area contributed by atoms with Crippen LogP contribution < -0.4 is 10.2 Å². The van der Waals surface area contributed by atoms with Crippen molar-refractivity contribution in [1.29, 1.82) is 0 Å². The summed E-state index contributed by atoms with van der Waals surface area (Å²) in [5.74, 6) is 0.838. The second-order valence-corrected chi connectivity index (χ2v) is 2.75. The Morgan fingerprint density at radius 1 is 1.67 bits per heavy atom. The summed E-state index contributed by atoms with van der Waals surface area (Å²) in [4.78, 5) is 16.8. The van der Waals surface area contributed by atoms with Gasteiger partial charge in [0.25, 0.3) is 0 Å². The summed E-state index contributed by atoms with van der Waals surface area (Å²) in [6.45, 7) is 1.43. The minimum atomic E-state index is -0.0430. The van der Waals surface area contributed by atoms with Crippen molar-refractivity contribution in [2.24, 2.45) is 7.05 Å². The molecular formula is C7H10N4O. The van der Waals surface area contributed by atoms with Gasteiger partial charge in [0, 0.05) is 20.1 Å². The SMILES string of the molecule is Cn1cncc1N1CCNC1=O. The number of aromatic nitrogens is 2. The molecule has 0 aromatic carbocycles. The monoisotopic (exact) mass is 166 g/mol. The summed E-state index contributed by atoms with van der Waals surface area (Å²) in [6, 6.07) is -0.0430. The summed E-state index contributed by atoms with van der Waals surface area (Å²) in [5.41, 5.74) is 0. The Balaban J connectivity index is 2.30. The molecule has 1 saturated heterocycles. The van der Waals surface area contributed by atoms with Crippen LogP contribution in [0.4, 0.5) is 10.6 Å². The zero-order valence-electron chi connectivity index (χ0n) is 6.82. The minimum absolute atomic E-state index is 0.0430. The fraction of sp³-hybridized carbons (Fsp3) is 0.429. The van der Waals surface area contributed by atoms with Crippen molar-refractivity contribution in [3.8, 4) is 0 Å². The maximum absolute atomic E-state index is 11.2. The number of hydrogen-bond acceptors (Lipinski definition) is 2. The number of hydrogen-bond donors (Lipinski definition) is 1. The smallest absolute Gasteiger partial charge is 0.323 e. The fourth-order valence-corrected chi connectivity index (χ4v) is 1.30. The highest BCUT2D eigenvalue weighted by atomic mass is 16.2. The second kappa shape index (κ2) is 2.51. The molecule has 64 valence electrons. The Morgan fingerprint density at radius 3 is 3.00 bits per heavy atom. The van der Waals surface area contributed by atoms with E-state index >= 15 is 0 Å². The van der Waals surface area contributed by atoms with Crippen LogP contribution in [0.3, 0.4) is 0 Å². The van der Waals surface area contributed by atoms with Crippen LogP contribution in [0.5, 0.6) is 0 Å². The van der Waals surface area contributed by atoms with Gasteiger partial charge in [0.05, 0.1) is 12.5 Å². The summed E-state index contributed by atoms with van der Waals surface area (Å²) in [7, 11) is 1.87. The largest absolute Gasteiger partial charge is 0.336 e. The molecule has 1 aromatic heterocycles.